The molecule has 0 saturated carbocycles. The highest BCUT2D eigenvalue weighted by Gasteiger charge is 2.25. The minimum absolute atomic E-state index is 0.222. The lowest BCUT2D eigenvalue weighted by molar-refractivity contribution is -0.135. The average Bonchev–Trinajstić information content (AvgIpc) is 2.81. The van der Waals surface area contributed by atoms with Crippen LogP contribution in [0.15, 0.2) is 54.6 Å². The fourth-order valence-electron chi connectivity index (χ4n) is 2.76. The van der Waals surface area contributed by atoms with Gasteiger partial charge in [0.2, 0.25) is 0 Å². The monoisotopic (exact) mass is 457 g/mol. The third kappa shape index (κ3) is 8.72. The smallest absolute Gasteiger partial charge is 0.279 e. The molecule has 3 N–H and O–H groups in total. The van der Waals surface area contributed by atoms with Crippen LogP contribution in [-0.4, -0.2) is 43.1 Å². The zero-order chi connectivity index (χ0) is 24.2. The number of carbonyl (C=O) groups is 3. The predicted molar refractivity (Wildman–Crippen MR) is 123 cm³/mol. The van der Waals surface area contributed by atoms with E-state index in [-0.39, 0.29) is 12.5 Å². The van der Waals surface area contributed by atoms with Gasteiger partial charge in [-0.25, -0.2) is 0 Å². The third-order valence-electron chi connectivity index (χ3n) is 4.50. The number of ether oxygens (including phenoxy) is 3. The molecule has 0 aromatic heterocycles. The molecular weight excluding hydrogens is 426 g/mol. The van der Waals surface area contributed by atoms with Gasteiger partial charge in [-0.1, -0.05) is 32.0 Å². The SMILES string of the molecule is CCOc1ccc(OC(C)C(=O)NNC(=O)[C@@H](NC(=O)COc2ccccc2)C(C)C)cc1. The van der Waals surface area contributed by atoms with Crippen LogP contribution in [0.3, 0.4) is 0 Å². The van der Waals surface area contributed by atoms with Gasteiger partial charge in [-0.2, -0.15) is 0 Å². The van der Waals surface area contributed by atoms with Crippen LogP contribution in [0, 0.1) is 5.92 Å². The topological polar surface area (TPSA) is 115 Å². The van der Waals surface area contributed by atoms with Gasteiger partial charge in [0, 0.05) is 0 Å². The summed E-state index contributed by atoms with van der Waals surface area (Å²) in [5, 5.41) is 2.62. The zero-order valence-electron chi connectivity index (χ0n) is 19.3. The van der Waals surface area contributed by atoms with Crippen molar-refractivity contribution in [3.05, 3.63) is 54.6 Å². The lowest BCUT2D eigenvalue weighted by Gasteiger charge is -2.22. The van der Waals surface area contributed by atoms with Crippen molar-refractivity contribution in [1.29, 1.82) is 0 Å². The normalized spacial score (nSPS) is 12.3. The van der Waals surface area contributed by atoms with Gasteiger partial charge >= 0.3 is 0 Å². The van der Waals surface area contributed by atoms with Gasteiger partial charge in [0.05, 0.1) is 6.61 Å². The maximum Gasteiger partial charge on any atom is 0.279 e. The van der Waals surface area contributed by atoms with Crippen LogP contribution in [-0.2, 0) is 14.4 Å². The molecule has 0 heterocycles. The van der Waals surface area contributed by atoms with Crippen LogP contribution in [0.1, 0.15) is 27.7 Å². The summed E-state index contributed by atoms with van der Waals surface area (Å²) in [6.45, 7) is 7.32. The summed E-state index contributed by atoms with van der Waals surface area (Å²) in [5.41, 5.74) is 4.67. The summed E-state index contributed by atoms with van der Waals surface area (Å²) in [4.78, 5) is 37.1. The number of para-hydroxylation sites is 1. The first kappa shape index (κ1) is 25.5. The maximum atomic E-state index is 12.5. The van der Waals surface area contributed by atoms with Crippen molar-refractivity contribution in [2.24, 2.45) is 5.92 Å². The molecule has 9 heteroatoms. The van der Waals surface area contributed by atoms with E-state index in [2.05, 4.69) is 16.2 Å². The molecule has 33 heavy (non-hydrogen) atoms. The van der Waals surface area contributed by atoms with E-state index in [1.165, 1.54) is 0 Å². The second kappa shape index (κ2) is 12.9. The minimum Gasteiger partial charge on any atom is -0.494 e. The Balaban J connectivity index is 1.81. The first-order valence-corrected chi connectivity index (χ1v) is 10.8. The molecular formula is C24H31N3O6. The highest BCUT2D eigenvalue weighted by Crippen LogP contribution is 2.18. The van der Waals surface area contributed by atoms with Crippen molar-refractivity contribution in [2.75, 3.05) is 13.2 Å². The molecule has 0 fully saturated rings. The Kier molecular flexibility index (Phi) is 10.0. The molecule has 9 nitrogen and oxygen atoms in total. The molecule has 0 aliphatic heterocycles. The van der Waals surface area contributed by atoms with Gasteiger partial charge in [0.1, 0.15) is 23.3 Å². The standard InChI is InChI=1S/C24H31N3O6/c1-5-31-19-11-13-20(14-12-19)33-17(4)23(29)26-27-24(30)22(16(2)3)25-21(28)15-32-18-9-7-6-8-10-18/h6-14,16-17,22H,5,15H2,1-4H3,(H,25,28)(H,26,29)(H,27,30)/t17?,22-/m0/s1. The summed E-state index contributed by atoms with van der Waals surface area (Å²) in [6.07, 6.45) is -0.866. The average molecular weight is 458 g/mol. The van der Waals surface area contributed by atoms with Gasteiger partial charge in [0.25, 0.3) is 17.7 Å². The Morgan fingerprint density at radius 1 is 0.788 bits per heavy atom. The van der Waals surface area contributed by atoms with E-state index in [4.69, 9.17) is 14.2 Å². The summed E-state index contributed by atoms with van der Waals surface area (Å²) in [6, 6.07) is 14.9. The molecule has 0 radical (unpaired) electrons. The molecule has 0 saturated heterocycles. The lowest BCUT2D eigenvalue weighted by atomic mass is 10.0. The first-order valence-electron chi connectivity index (χ1n) is 10.8. The minimum atomic E-state index is -0.866. The summed E-state index contributed by atoms with van der Waals surface area (Å²) < 4.78 is 16.3. The van der Waals surface area contributed by atoms with Crippen LogP contribution in [0.2, 0.25) is 0 Å². The Hall–Kier alpha value is -3.75. The van der Waals surface area contributed by atoms with Crippen molar-refractivity contribution in [3.63, 3.8) is 0 Å². The molecule has 0 spiro atoms. The number of hydrogen-bond donors (Lipinski definition) is 3. The van der Waals surface area contributed by atoms with Crippen LogP contribution in [0.5, 0.6) is 17.2 Å². The Labute approximate surface area is 193 Å². The highest BCUT2D eigenvalue weighted by atomic mass is 16.5. The molecule has 0 aliphatic rings. The van der Waals surface area contributed by atoms with E-state index in [9.17, 15) is 14.4 Å². The fourth-order valence-corrected chi connectivity index (χ4v) is 2.76. The molecule has 1 unspecified atom stereocenters. The van der Waals surface area contributed by atoms with Gasteiger partial charge in [-0.3, -0.25) is 25.2 Å². The van der Waals surface area contributed by atoms with E-state index in [0.717, 1.165) is 0 Å². The van der Waals surface area contributed by atoms with Crippen LogP contribution in [0.4, 0.5) is 0 Å². The Morgan fingerprint density at radius 2 is 1.36 bits per heavy atom. The Morgan fingerprint density at radius 3 is 1.97 bits per heavy atom. The van der Waals surface area contributed by atoms with Gasteiger partial charge < -0.3 is 19.5 Å². The molecule has 3 amide bonds. The van der Waals surface area contributed by atoms with Gasteiger partial charge in [-0.15, -0.1) is 0 Å². The summed E-state index contributed by atoms with van der Waals surface area (Å²) >= 11 is 0. The maximum absolute atomic E-state index is 12.5. The summed E-state index contributed by atoms with van der Waals surface area (Å²) in [5.74, 6) is -0.0419. The number of hydrazine groups is 1. The number of carbonyl (C=O) groups excluding carboxylic acids is 3. The van der Waals surface area contributed by atoms with E-state index < -0.39 is 29.9 Å². The number of nitrogens with one attached hydrogen (secondary N) is 3. The Bertz CT molecular complexity index is 902. The van der Waals surface area contributed by atoms with Crippen molar-refractivity contribution in [2.45, 2.75) is 39.8 Å². The van der Waals surface area contributed by atoms with Crippen LogP contribution >= 0.6 is 0 Å². The molecule has 2 aromatic rings. The van der Waals surface area contributed by atoms with E-state index in [1.54, 1.807) is 69.3 Å². The quantitative estimate of drug-likeness (QED) is 0.446. The second-order valence-electron chi connectivity index (χ2n) is 7.53. The van der Waals surface area contributed by atoms with Gasteiger partial charge in [0.15, 0.2) is 12.7 Å². The third-order valence-corrected chi connectivity index (χ3v) is 4.50. The van der Waals surface area contributed by atoms with Crippen LogP contribution < -0.4 is 30.4 Å². The number of hydrogen-bond acceptors (Lipinski definition) is 6. The highest BCUT2D eigenvalue weighted by molar-refractivity contribution is 5.90. The molecule has 2 aromatic carbocycles. The largest absolute Gasteiger partial charge is 0.494 e. The molecule has 2 atom stereocenters. The van der Waals surface area contributed by atoms with E-state index in [1.807, 2.05) is 13.0 Å². The fraction of sp³-hybridized carbons (Fsp3) is 0.375. The van der Waals surface area contributed by atoms with Gasteiger partial charge in [-0.05, 0) is 56.2 Å². The first-order chi connectivity index (χ1) is 15.8. The molecule has 0 bridgehead atoms. The van der Waals surface area contributed by atoms with Crippen molar-refractivity contribution in [1.82, 2.24) is 16.2 Å². The van der Waals surface area contributed by atoms with Crippen molar-refractivity contribution < 1.29 is 28.6 Å². The van der Waals surface area contributed by atoms with E-state index >= 15 is 0 Å². The molecule has 2 rings (SSSR count). The molecule has 178 valence electrons. The molecule has 0 aliphatic carbocycles. The lowest BCUT2D eigenvalue weighted by Crippen LogP contribution is -2.56. The number of benzene rings is 2. The predicted octanol–water partition coefficient (Wildman–Crippen LogP) is 2.22. The second-order valence-corrected chi connectivity index (χ2v) is 7.53. The summed E-state index contributed by atoms with van der Waals surface area (Å²) in [7, 11) is 0. The van der Waals surface area contributed by atoms with Crippen LogP contribution in [0.25, 0.3) is 0 Å². The van der Waals surface area contributed by atoms with E-state index in [0.29, 0.717) is 23.9 Å². The van der Waals surface area contributed by atoms with Crippen molar-refractivity contribution in [3.8, 4) is 17.2 Å². The zero-order valence-corrected chi connectivity index (χ0v) is 19.3. The number of rotatable bonds is 11. The number of amides is 3. The van der Waals surface area contributed by atoms with Crippen molar-refractivity contribution >= 4 is 17.7 Å².